The SMILES string of the molecule is C#CCC(C)OC(=O)c1ccc(F)c(-c2c(C)n(CC)c(-c3ccc(Cl)c(Cl)c3)c(C(=O)O)c2=O)c1. The number of rotatable bonds is 7. The Hall–Kier alpha value is -3.60. The van der Waals surface area contributed by atoms with Crippen LogP contribution in [0.5, 0.6) is 0 Å². The second kappa shape index (κ2) is 11.0. The number of esters is 1. The Morgan fingerprint density at radius 2 is 1.89 bits per heavy atom. The Labute approximate surface area is 217 Å². The van der Waals surface area contributed by atoms with Gasteiger partial charge < -0.3 is 14.4 Å². The molecule has 1 heterocycles. The van der Waals surface area contributed by atoms with Gasteiger partial charge in [0.15, 0.2) is 0 Å². The van der Waals surface area contributed by atoms with E-state index in [9.17, 15) is 19.5 Å². The minimum absolute atomic E-state index is 0.0115. The van der Waals surface area contributed by atoms with Crippen LogP contribution in [0.3, 0.4) is 0 Å². The molecule has 36 heavy (non-hydrogen) atoms. The van der Waals surface area contributed by atoms with Crippen molar-refractivity contribution < 1.29 is 23.8 Å². The van der Waals surface area contributed by atoms with Gasteiger partial charge in [0.1, 0.15) is 17.5 Å². The smallest absolute Gasteiger partial charge is 0.341 e. The van der Waals surface area contributed by atoms with Crippen LogP contribution in [0.15, 0.2) is 41.2 Å². The second-order valence-electron chi connectivity index (χ2n) is 8.01. The summed E-state index contributed by atoms with van der Waals surface area (Å²) < 4.78 is 21.9. The van der Waals surface area contributed by atoms with Crippen LogP contribution in [0, 0.1) is 25.1 Å². The number of pyridine rings is 1. The number of carbonyl (C=O) groups is 2. The van der Waals surface area contributed by atoms with Crippen LogP contribution in [0.25, 0.3) is 22.4 Å². The molecule has 186 valence electrons. The van der Waals surface area contributed by atoms with Crippen molar-refractivity contribution in [2.24, 2.45) is 0 Å². The number of hydrogen-bond acceptors (Lipinski definition) is 4. The van der Waals surface area contributed by atoms with Crippen LogP contribution in [-0.4, -0.2) is 27.7 Å². The topological polar surface area (TPSA) is 85.6 Å². The third-order valence-electron chi connectivity index (χ3n) is 5.64. The van der Waals surface area contributed by atoms with Crippen LogP contribution in [0.1, 0.15) is 46.7 Å². The Kier molecular flexibility index (Phi) is 8.24. The van der Waals surface area contributed by atoms with Crippen LogP contribution < -0.4 is 5.43 Å². The number of terminal acetylenes is 1. The summed E-state index contributed by atoms with van der Waals surface area (Å²) in [5.41, 5.74) is -1.11. The lowest BCUT2D eigenvalue weighted by Crippen LogP contribution is -2.25. The summed E-state index contributed by atoms with van der Waals surface area (Å²) in [5, 5.41) is 10.5. The molecule has 3 rings (SSSR count). The maximum Gasteiger partial charge on any atom is 0.341 e. The lowest BCUT2D eigenvalue weighted by atomic mass is 9.95. The zero-order valence-electron chi connectivity index (χ0n) is 19.7. The van der Waals surface area contributed by atoms with Gasteiger partial charge in [0.2, 0.25) is 5.43 Å². The number of carbonyl (C=O) groups excluding carboxylic acids is 1. The van der Waals surface area contributed by atoms with Gasteiger partial charge >= 0.3 is 11.9 Å². The number of aromatic nitrogens is 1. The fourth-order valence-electron chi connectivity index (χ4n) is 3.99. The van der Waals surface area contributed by atoms with Crippen molar-refractivity contribution in [2.75, 3.05) is 0 Å². The van der Waals surface area contributed by atoms with Gasteiger partial charge in [-0.25, -0.2) is 14.0 Å². The third-order valence-corrected chi connectivity index (χ3v) is 6.37. The zero-order chi connectivity index (χ0) is 26.7. The maximum atomic E-state index is 15.0. The van der Waals surface area contributed by atoms with E-state index >= 15 is 4.39 Å². The molecule has 1 N–H and O–H groups in total. The first-order valence-corrected chi connectivity index (χ1v) is 11.7. The monoisotopic (exact) mass is 529 g/mol. The predicted octanol–water partition coefficient (Wildman–Crippen LogP) is 6.22. The highest BCUT2D eigenvalue weighted by Gasteiger charge is 2.27. The number of ether oxygens (including phenoxy) is 1. The minimum atomic E-state index is -1.50. The van der Waals surface area contributed by atoms with Crippen molar-refractivity contribution in [1.29, 1.82) is 0 Å². The predicted molar refractivity (Wildman–Crippen MR) is 137 cm³/mol. The highest BCUT2D eigenvalue weighted by molar-refractivity contribution is 6.42. The largest absolute Gasteiger partial charge is 0.477 e. The van der Waals surface area contributed by atoms with Gasteiger partial charge in [-0.1, -0.05) is 29.3 Å². The maximum absolute atomic E-state index is 15.0. The zero-order valence-corrected chi connectivity index (χ0v) is 21.2. The van der Waals surface area contributed by atoms with Crippen LogP contribution in [-0.2, 0) is 11.3 Å². The van der Waals surface area contributed by atoms with E-state index in [1.165, 1.54) is 24.3 Å². The van der Waals surface area contributed by atoms with E-state index in [1.54, 1.807) is 31.4 Å². The molecule has 0 aliphatic heterocycles. The van der Waals surface area contributed by atoms with Crippen molar-refractivity contribution >= 4 is 35.1 Å². The molecular weight excluding hydrogens is 508 g/mol. The van der Waals surface area contributed by atoms with Gasteiger partial charge in [0, 0.05) is 29.8 Å². The van der Waals surface area contributed by atoms with E-state index in [1.807, 2.05) is 0 Å². The van der Waals surface area contributed by atoms with Crippen molar-refractivity contribution in [3.05, 3.63) is 79.3 Å². The molecule has 0 spiro atoms. The molecule has 9 heteroatoms. The third kappa shape index (κ3) is 5.15. The first kappa shape index (κ1) is 27.0. The van der Waals surface area contributed by atoms with Crippen LogP contribution >= 0.6 is 23.2 Å². The summed E-state index contributed by atoms with van der Waals surface area (Å²) in [5.74, 6) is -0.662. The second-order valence-corrected chi connectivity index (χ2v) is 8.82. The van der Waals surface area contributed by atoms with Gasteiger partial charge in [-0.3, -0.25) is 4.79 Å². The summed E-state index contributed by atoms with van der Waals surface area (Å²) in [7, 11) is 0. The highest BCUT2D eigenvalue weighted by atomic mass is 35.5. The normalized spacial score (nSPS) is 11.6. The number of aromatic carboxylic acids is 1. The summed E-state index contributed by atoms with van der Waals surface area (Å²) in [6.45, 7) is 5.20. The standard InChI is InChI=1S/C27H22Cl2FNO5/c1-5-7-14(3)36-27(35)17-9-11-21(30)18(12-17)22-15(4)31(6-2)24(23(25(22)32)26(33)34)16-8-10-19(28)20(29)13-16/h1,8-14H,6-7H2,2-4H3,(H,33,34). The van der Waals surface area contributed by atoms with E-state index in [0.29, 0.717) is 11.3 Å². The lowest BCUT2D eigenvalue weighted by Gasteiger charge is -2.22. The molecule has 6 nitrogen and oxygen atoms in total. The fourth-order valence-corrected chi connectivity index (χ4v) is 4.29. The number of nitrogens with zero attached hydrogens (tertiary/aromatic N) is 1. The average molecular weight is 530 g/mol. The van der Waals surface area contributed by atoms with Crippen LogP contribution in [0.2, 0.25) is 10.0 Å². The molecule has 2 aromatic carbocycles. The molecule has 0 bridgehead atoms. The number of hydrogen-bond donors (Lipinski definition) is 1. The van der Waals surface area contributed by atoms with E-state index in [4.69, 9.17) is 34.4 Å². The summed E-state index contributed by atoms with van der Waals surface area (Å²) in [6.07, 6.45) is 4.87. The van der Waals surface area contributed by atoms with Gasteiger partial charge in [-0.15, -0.1) is 12.3 Å². The fraction of sp³-hybridized carbons (Fsp3) is 0.222. The molecule has 0 saturated heterocycles. The van der Waals surface area contributed by atoms with Gasteiger partial charge in [-0.2, -0.15) is 0 Å². The van der Waals surface area contributed by atoms with Crippen molar-refractivity contribution in [3.8, 4) is 34.7 Å². The average Bonchev–Trinajstić information content (AvgIpc) is 2.81. The first-order chi connectivity index (χ1) is 17.0. The van der Waals surface area contributed by atoms with Crippen LogP contribution in [0.4, 0.5) is 4.39 Å². The van der Waals surface area contributed by atoms with Gasteiger partial charge in [0.05, 0.1) is 26.9 Å². The Morgan fingerprint density at radius 3 is 2.47 bits per heavy atom. The quantitative estimate of drug-likeness (QED) is 0.290. The van der Waals surface area contributed by atoms with Crippen molar-refractivity contribution in [3.63, 3.8) is 0 Å². The number of halogens is 3. The molecule has 0 aliphatic rings. The number of carboxylic acid groups (broad SMARTS) is 1. The van der Waals surface area contributed by atoms with E-state index in [-0.39, 0.29) is 45.4 Å². The lowest BCUT2D eigenvalue weighted by molar-refractivity contribution is 0.0351. The van der Waals surface area contributed by atoms with E-state index < -0.39 is 34.9 Å². The Balaban J connectivity index is 2.31. The molecule has 1 unspecified atom stereocenters. The van der Waals surface area contributed by atoms with Crippen molar-refractivity contribution in [1.82, 2.24) is 4.57 Å². The number of carboxylic acids is 1. The van der Waals surface area contributed by atoms with Gasteiger partial charge in [-0.05, 0) is 51.1 Å². The molecule has 0 amide bonds. The number of benzene rings is 2. The Bertz CT molecular complexity index is 1470. The molecule has 0 saturated carbocycles. The molecule has 0 fully saturated rings. The van der Waals surface area contributed by atoms with E-state index in [2.05, 4.69) is 5.92 Å². The molecule has 3 aromatic rings. The summed E-state index contributed by atoms with van der Waals surface area (Å²) in [4.78, 5) is 38.5. The molecule has 1 aromatic heterocycles. The Morgan fingerprint density at radius 1 is 1.19 bits per heavy atom. The minimum Gasteiger partial charge on any atom is -0.477 e. The summed E-state index contributed by atoms with van der Waals surface area (Å²) in [6, 6.07) is 7.93. The molecule has 0 aliphatic carbocycles. The summed E-state index contributed by atoms with van der Waals surface area (Å²) >= 11 is 12.2. The van der Waals surface area contributed by atoms with E-state index in [0.717, 1.165) is 6.07 Å². The molecule has 0 radical (unpaired) electrons. The highest BCUT2D eigenvalue weighted by Crippen LogP contribution is 2.34. The molecular formula is C27H22Cl2FNO5. The first-order valence-electron chi connectivity index (χ1n) is 10.9. The molecule has 1 atom stereocenters. The van der Waals surface area contributed by atoms with Gasteiger partial charge in [0.25, 0.3) is 0 Å². The van der Waals surface area contributed by atoms with Crippen molar-refractivity contribution in [2.45, 2.75) is 39.8 Å².